The lowest BCUT2D eigenvalue weighted by Gasteiger charge is -2.52. The number of fused-ring (bicyclic) bond motifs is 1. The molecule has 6 unspecified atom stereocenters. The zero-order chi connectivity index (χ0) is 11.8. The van der Waals surface area contributed by atoms with Crippen LogP contribution in [-0.2, 0) is 18.7 Å². The third-order valence-corrected chi connectivity index (χ3v) is 3.92. The molecule has 0 spiro atoms. The van der Waals surface area contributed by atoms with Crippen LogP contribution in [0.1, 0.15) is 20.8 Å². The molecule has 0 aromatic rings. The van der Waals surface area contributed by atoms with Crippen molar-refractivity contribution in [2.75, 3.05) is 19.9 Å². The first-order chi connectivity index (χ1) is 7.58. The van der Waals surface area contributed by atoms with E-state index in [1.165, 1.54) is 0 Å². The Kier molecular flexibility index (Phi) is 3.87. The van der Waals surface area contributed by atoms with E-state index >= 15 is 0 Å². The van der Waals surface area contributed by atoms with Gasteiger partial charge in [-0.1, -0.05) is 6.92 Å². The normalized spacial score (nSPS) is 49.5. The van der Waals surface area contributed by atoms with Gasteiger partial charge in [0.2, 0.25) is 0 Å². The van der Waals surface area contributed by atoms with Gasteiger partial charge in [-0.25, -0.2) is 0 Å². The molecule has 0 saturated carbocycles. The van der Waals surface area contributed by atoms with Crippen molar-refractivity contribution in [1.82, 2.24) is 0 Å². The van der Waals surface area contributed by atoms with Crippen molar-refractivity contribution < 1.29 is 18.7 Å². The molecule has 4 nitrogen and oxygen atoms in total. The minimum Gasteiger partial charge on any atom is -0.372 e. The maximum Gasteiger partial charge on any atom is 0.155 e. The fourth-order valence-corrected chi connectivity index (χ4v) is 3.32. The lowest BCUT2D eigenvalue weighted by atomic mass is 9.82. The van der Waals surface area contributed by atoms with Gasteiger partial charge in [-0.2, -0.15) is 0 Å². The van der Waals surface area contributed by atoms with Crippen LogP contribution in [0.15, 0.2) is 0 Å². The topological polar surface area (TPSA) is 36.9 Å². The van der Waals surface area contributed by atoms with Gasteiger partial charge >= 0.3 is 0 Å². The fraction of sp³-hybridized carbons (Fsp3) is 1.00. The molecule has 2 aliphatic heterocycles. The van der Waals surface area contributed by atoms with Crippen molar-refractivity contribution in [3.05, 3.63) is 0 Å². The Morgan fingerprint density at radius 3 is 2.69 bits per heavy atom. The Hall–Kier alpha value is 0.270. The highest BCUT2D eigenvalue weighted by Gasteiger charge is 2.53. The third-order valence-electron chi connectivity index (χ3n) is 3.43. The smallest absolute Gasteiger partial charge is 0.155 e. The molecule has 16 heavy (non-hydrogen) atoms. The molecule has 6 atom stereocenters. The van der Waals surface area contributed by atoms with Crippen molar-refractivity contribution in [1.29, 1.82) is 0 Å². The molecule has 2 heterocycles. The molecule has 2 saturated heterocycles. The van der Waals surface area contributed by atoms with Crippen molar-refractivity contribution in [3.8, 4) is 0 Å². The predicted molar refractivity (Wildman–Crippen MR) is 62.9 cm³/mol. The average Bonchev–Trinajstić information content (AvgIpc) is 2.22. The van der Waals surface area contributed by atoms with Gasteiger partial charge in [0.25, 0.3) is 0 Å². The SMILES string of the molecule is CPOC1C(C)COC2COC(C)OC21C. The molecule has 0 N–H and O–H groups in total. The van der Waals surface area contributed by atoms with Crippen LogP contribution in [0.3, 0.4) is 0 Å². The fourth-order valence-electron chi connectivity index (χ4n) is 2.60. The standard InChI is InChI=1S/C11H21O4P/c1-7-5-13-9-6-12-8(2)14-11(9,3)10(7)15-16-4/h7-10,16H,5-6H2,1-4H3. The molecular formula is C11H21O4P. The van der Waals surface area contributed by atoms with Gasteiger partial charge in [0.05, 0.1) is 19.3 Å². The average molecular weight is 248 g/mol. The van der Waals surface area contributed by atoms with Crippen LogP contribution in [0.25, 0.3) is 0 Å². The molecule has 2 fully saturated rings. The van der Waals surface area contributed by atoms with E-state index in [-0.39, 0.29) is 24.1 Å². The van der Waals surface area contributed by atoms with Crippen LogP contribution in [0, 0.1) is 5.92 Å². The number of rotatable bonds is 2. The van der Waals surface area contributed by atoms with E-state index in [1.807, 2.05) is 13.6 Å². The largest absolute Gasteiger partial charge is 0.372 e. The highest BCUT2D eigenvalue weighted by molar-refractivity contribution is 7.31. The first-order valence-corrected chi connectivity index (χ1v) is 7.22. The maximum atomic E-state index is 5.95. The van der Waals surface area contributed by atoms with Crippen molar-refractivity contribution in [2.45, 2.75) is 44.9 Å². The van der Waals surface area contributed by atoms with E-state index in [0.29, 0.717) is 21.3 Å². The Bertz CT molecular complexity index is 248. The Morgan fingerprint density at radius 2 is 2.00 bits per heavy atom. The summed E-state index contributed by atoms with van der Waals surface area (Å²) in [5.41, 5.74) is -0.377. The summed E-state index contributed by atoms with van der Waals surface area (Å²) in [7, 11) is 0.475. The second-order valence-electron chi connectivity index (χ2n) is 4.74. The van der Waals surface area contributed by atoms with Gasteiger partial charge in [0, 0.05) is 14.7 Å². The summed E-state index contributed by atoms with van der Waals surface area (Å²) < 4.78 is 23.1. The van der Waals surface area contributed by atoms with E-state index in [9.17, 15) is 0 Å². The zero-order valence-corrected chi connectivity index (χ0v) is 11.4. The van der Waals surface area contributed by atoms with Gasteiger partial charge in [-0.3, -0.25) is 0 Å². The number of hydrogen-bond acceptors (Lipinski definition) is 4. The molecule has 0 aliphatic carbocycles. The van der Waals surface area contributed by atoms with E-state index in [1.54, 1.807) is 0 Å². The van der Waals surface area contributed by atoms with E-state index in [2.05, 4.69) is 13.8 Å². The van der Waals surface area contributed by atoms with E-state index in [4.69, 9.17) is 18.7 Å². The van der Waals surface area contributed by atoms with Gasteiger partial charge in [0.15, 0.2) is 6.29 Å². The highest BCUT2D eigenvalue weighted by Crippen LogP contribution is 2.40. The van der Waals surface area contributed by atoms with Gasteiger partial charge in [-0.05, 0) is 20.5 Å². The maximum absolute atomic E-state index is 5.95. The van der Waals surface area contributed by atoms with Gasteiger partial charge in [0.1, 0.15) is 11.7 Å². The summed E-state index contributed by atoms with van der Waals surface area (Å²) in [6.45, 7) is 9.51. The second-order valence-corrected chi connectivity index (χ2v) is 5.39. The minimum absolute atomic E-state index is 0.0127. The highest BCUT2D eigenvalue weighted by atomic mass is 31.1. The molecule has 2 aliphatic rings. The van der Waals surface area contributed by atoms with Crippen LogP contribution in [0.5, 0.6) is 0 Å². The molecule has 94 valence electrons. The quantitative estimate of drug-likeness (QED) is 0.698. The lowest BCUT2D eigenvalue weighted by molar-refractivity contribution is -0.336. The number of hydrogen-bond donors (Lipinski definition) is 0. The lowest BCUT2D eigenvalue weighted by Crippen LogP contribution is -2.65. The molecular weight excluding hydrogens is 227 g/mol. The van der Waals surface area contributed by atoms with Gasteiger partial charge < -0.3 is 18.7 Å². The monoisotopic (exact) mass is 248 g/mol. The summed E-state index contributed by atoms with van der Waals surface area (Å²) in [5.74, 6) is 0.360. The van der Waals surface area contributed by atoms with Crippen molar-refractivity contribution >= 4 is 8.81 Å². The Morgan fingerprint density at radius 1 is 1.25 bits per heavy atom. The van der Waals surface area contributed by atoms with Crippen LogP contribution >= 0.6 is 8.81 Å². The summed E-state index contributed by atoms with van der Waals surface area (Å²) in [6.07, 6.45) is -0.0939. The molecule has 0 aromatic carbocycles. The second kappa shape index (κ2) is 4.87. The van der Waals surface area contributed by atoms with Crippen molar-refractivity contribution in [3.63, 3.8) is 0 Å². The zero-order valence-electron chi connectivity index (χ0n) is 10.4. The Balaban J connectivity index is 2.18. The first-order valence-electron chi connectivity index (χ1n) is 5.81. The molecule has 0 radical (unpaired) electrons. The van der Waals surface area contributed by atoms with E-state index < -0.39 is 0 Å². The molecule has 0 bridgehead atoms. The third kappa shape index (κ3) is 2.14. The molecule has 2 rings (SSSR count). The summed E-state index contributed by atoms with van der Waals surface area (Å²) >= 11 is 0. The summed E-state index contributed by atoms with van der Waals surface area (Å²) in [4.78, 5) is 0. The Labute approximate surface area is 98.8 Å². The van der Waals surface area contributed by atoms with Gasteiger partial charge in [-0.15, -0.1) is 0 Å². The first kappa shape index (κ1) is 12.7. The van der Waals surface area contributed by atoms with Crippen LogP contribution in [0.4, 0.5) is 0 Å². The molecule has 0 aromatic heterocycles. The molecule has 0 amide bonds. The van der Waals surface area contributed by atoms with Crippen LogP contribution in [0.2, 0.25) is 0 Å². The van der Waals surface area contributed by atoms with Crippen LogP contribution < -0.4 is 0 Å². The van der Waals surface area contributed by atoms with Crippen molar-refractivity contribution in [2.24, 2.45) is 5.92 Å². The molecule has 5 heteroatoms. The van der Waals surface area contributed by atoms with Crippen LogP contribution in [-0.4, -0.2) is 44.0 Å². The number of ether oxygens (including phenoxy) is 3. The minimum atomic E-state index is -0.377. The van der Waals surface area contributed by atoms with E-state index in [0.717, 1.165) is 6.61 Å². The predicted octanol–water partition coefficient (Wildman–Crippen LogP) is 1.78. The summed E-state index contributed by atoms with van der Waals surface area (Å²) in [6, 6.07) is 0. The summed E-state index contributed by atoms with van der Waals surface area (Å²) in [5, 5.41) is 0.